The van der Waals surface area contributed by atoms with Crippen molar-refractivity contribution in [3.05, 3.63) is 16.3 Å². The summed E-state index contributed by atoms with van der Waals surface area (Å²) in [6, 6.07) is 0. The molecule has 0 radical (unpaired) electrons. The molecule has 2 heterocycles. The Kier molecular flexibility index (Phi) is 3.22. The van der Waals surface area contributed by atoms with E-state index < -0.39 is 0 Å². The summed E-state index contributed by atoms with van der Waals surface area (Å²) in [6.45, 7) is 2.66. The van der Waals surface area contributed by atoms with Crippen molar-refractivity contribution >= 4 is 5.78 Å². The van der Waals surface area contributed by atoms with Crippen molar-refractivity contribution in [3.8, 4) is 0 Å². The van der Waals surface area contributed by atoms with Crippen LogP contribution < -0.4 is 5.69 Å². The largest absolute Gasteiger partial charge is 0.346 e. The minimum absolute atomic E-state index is 0.0513. The van der Waals surface area contributed by atoms with Crippen LogP contribution in [-0.2, 0) is 24.3 Å². The molecule has 0 atom stereocenters. The van der Waals surface area contributed by atoms with Gasteiger partial charge in [0.25, 0.3) is 0 Å². The molecule has 0 aliphatic carbocycles. The standard InChI is InChI=1S/C11H17N3O2/c1-2-9(15)8-14-11(16)13-7-5-3-4-6-10(13)12-14/h2-8H2,1H3. The van der Waals surface area contributed by atoms with Gasteiger partial charge in [0.1, 0.15) is 12.4 Å². The van der Waals surface area contributed by atoms with Crippen molar-refractivity contribution in [1.82, 2.24) is 14.3 Å². The first-order chi connectivity index (χ1) is 7.72. The van der Waals surface area contributed by atoms with E-state index in [9.17, 15) is 9.59 Å². The molecule has 0 N–H and O–H groups in total. The second kappa shape index (κ2) is 4.63. The van der Waals surface area contributed by atoms with E-state index in [1.54, 1.807) is 11.5 Å². The average molecular weight is 223 g/mol. The normalized spacial score (nSPS) is 15.6. The van der Waals surface area contributed by atoms with Gasteiger partial charge < -0.3 is 0 Å². The molecule has 88 valence electrons. The van der Waals surface area contributed by atoms with E-state index in [1.807, 2.05) is 0 Å². The lowest BCUT2D eigenvalue weighted by Crippen LogP contribution is -2.27. The summed E-state index contributed by atoms with van der Waals surface area (Å²) in [5.41, 5.74) is -0.126. The molecular formula is C11H17N3O2. The number of Topliss-reactive ketones (excluding diaryl/α,β-unsaturated/α-hetero) is 1. The van der Waals surface area contributed by atoms with Gasteiger partial charge in [-0.25, -0.2) is 9.48 Å². The highest BCUT2D eigenvalue weighted by molar-refractivity contribution is 5.77. The first-order valence-corrected chi connectivity index (χ1v) is 5.90. The molecule has 2 rings (SSSR count). The molecule has 1 aliphatic rings. The number of hydrogen-bond acceptors (Lipinski definition) is 3. The first kappa shape index (κ1) is 11.1. The van der Waals surface area contributed by atoms with Crippen LogP contribution in [0.15, 0.2) is 4.79 Å². The van der Waals surface area contributed by atoms with Crippen molar-refractivity contribution in [1.29, 1.82) is 0 Å². The number of hydrogen-bond donors (Lipinski definition) is 0. The Labute approximate surface area is 94.1 Å². The van der Waals surface area contributed by atoms with Crippen molar-refractivity contribution in [2.75, 3.05) is 0 Å². The van der Waals surface area contributed by atoms with E-state index >= 15 is 0 Å². The molecule has 0 bridgehead atoms. The zero-order valence-corrected chi connectivity index (χ0v) is 9.61. The first-order valence-electron chi connectivity index (χ1n) is 5.90. The van der Waals surface area contributed by atoms with Crippen LogP contribution in [0.1, 0.15) is 38.4 Å². The quantitative estimate of drug-likeness (QED) is 0.759. The zero-order chi connectivity index (χ0) is 11.5. The number of carbonyl (C=O) groups is 1. The number of fused-ring (bicyclic) bond motifs is 1. The molecule has 0 unspecified atom stereocenters. The molecule has 0 amide bonds. The molecule has 0 aromatic carbocycles. The smallest absolute Gasteiger partial charge is 0.298 e. The molecule has 1 aliphatic heterocycles. The Hall–Kier alpha value is -1.39. The fourth-order valence-electron chi connectivity index (χ4n) is 2.01. The maximum atomic E-state index is 11.9. The van der Waals surface area contributed by atoms with Gasteiger partial charge in [0.05, 0.1) is 0 Å². The van der Waals surface area contributed by atoms with Crippen LogP contribution >= 0.6 is 0 Å². The van der Waals surface area contributed by atoms with Gasteiger partial charge in [0.2, 0.25) is 0 Å². The minimum atomic E-state index is -0.126. The number of ketones is 1. The van der Waals surface area contributed by atoms with E-state index in [1.165, 1.54) is 4.68 Å². The maximum Gasteiger partial charge on any atom is 0.346 e. The van der Waals surface area contributed by atoms with Gasteiger partial charge >= 0.3 is 5.69 Å². The maximum absolute atomic E-state index is 11.9. The SMILES string of the molecule is CCC(=O)Cn1nc2n(c1=O)CCCCC2. The predicted octanol–water partition coefficient (Wildman–Crippen LogP) is 0.750. The molecule has 0 saturated carbocycles. The van der Waals surface area contributed by atoms with Crippen LogP contribution in [0.5, 0.6) is 0 Å². The van der Waals surface area contributed by atoms with E-state index in [0.29, 0.717) is 6.42 Å². The number of aromatic nitrogens is 3. The van der Waals surface area contributed by atoms with Gasteiger partial charge in [-0.05, 0) is 12.8 Å². The van der Waals surface area contributed by atoms with Gasteiger partial charge in [-0.2, -0.15) is 5.10 Å². The molecule has 5 nitrogen and oxygen atoms in total. The van der Waals surface area contributed by atoms with E-state index in [0.717, 1.165) is 38.1 Å². The van der Waals surface area contributed by atoms with Crippen LogP contribution in [0.2, 0.25) is 0 Å². The lowest BCUT2D eigenvalue weighted by Gasteiger charge is -1.97. The number of nitrogens with zero attached hydrogens (tertiary/aromatic N) is 3. The molecular weight excluding hydrogens is 206 g/mol. The molecule has 16 heavy (non-hydrogen) atoms. The van der Waals surface area contributed by atoms with Crippen molar-refractivity contribution < 1.29 is 4.79 Å². The van der Waals surface area contributed by atoms with Crippen molar-refractivity contribution in [2.24, 2.45) is 0 Å². The fraction of sp³-hybridized carbons (Fsp3) is 0.727. The fourth-order valence-corrected chi connectivity index (χ4v) is 2.01. The molecule has 0 fully saturated rings. The Bertz CT molecular complexity index is 445. The summed E-state index contributed by atoms with van der Waals surface area (Å²) < 4.78 is 3.03. The number of rotatable bonds is 3. The monoisotopic (exact) mass is 223 g/mol. The van der Waals surface area contributed by atoms with E-state index in [4.69, 9.17) is 0 Å². The van der Waals surface area contributed by atoms with Crippen LogP contribution in [0.4, 0.5) is 0 Å². The van der Waals surface area contributed by atoms with Crippen molar-refractivity contribution in [2.45, 2.75) is 52.1 Å². The highest BCUT2D eigenvalue weighted by Crippen LogP contribution is 2.10. The highest BCUT2D eigenvalue weighted by atomic mass is 16.2. The lowest BCUT2D eigenvalue weighted by molar-refractivity contribution is -0.119. The third-order valence-corrected chi connectivity index (χ3v) is 3.00. The predicted molar refractivity (Wildman–Crippen MR) is 59.3 cm³/mol. The third kappa shape index (κ3) is 2.08. The molecule has 0 saturated heterocycles. The van der Waals surface area contributed by atoms with Crippen LogP contribution in [0.25, 0.3) is 0 Å². The van der Waals surface area contributed by atoms with Gasteiger partial charge in [0, 0.05) is 19.4 Å². The molecule has 1 aromatic heterocycles. The molecule has 1 aromatic rings. The number of aryl methyl sites for hydroxylation is 1. The van der Waals surface area contributed by atoms with E-state index in [-0.39, 0.29) is 18.0 Å². The lowest BCUT2D eigenvalue weighted by atomic mass is 10.2. The summed E-state index contributed by atoms with van der Waals surface area (Å²) in [4.78, 5) is 23.2. The second-order valence-corrected chi connectivity index (χ2v) is 4.21. The Morgan fingerprint density at radius 1 is 1.38 bits per heavy atom. The zero-order valence-electron chi connectivity index (χ0n) is 9.61. The topological polar surface area (TPSA) is 56.9 Å². The van der Waals surface area contributed by atoms with Crippen LogP contribution in [-0.4, -0.2) is 20.1 Å². The minimum Gasteiger partial charge on any atom is -0.298 e. The number of carbonyl (C=O) groups excluding carboxylic acids is 1. The van der Waals surface area contributed by atoms with Crippen LogP contribution in [0.3, 0.4) is 0 Å². The summed E-state index contributed by atoms with van der Waals surface area (Å²) in [7, 11) is 0. The average Bonchev–Trinajstić information content (AvgIpc) is 2.48. The Morgan fingerprint density at radius 2 is 2.19 bits per heavy atom. The molecule has 0 spiro atoms. The highest BCUT2D eigenvalue weighted by Gasteiger charge is 2.16. The van der Waals surface area contributed by atoms with Crippen molar-refractivity contribution in [3.63, 3.8) is 0 Å². The van der Waals surface area contributed by atoms with Gasteiger partial charge in [-0.1, -0.05) is 13.3 Å². The second-order valence-electron chi connectivity index (χ2n) is 4.21. The van der Waals surface area contributed by atoms with Crippen LogP contribution in [0, 0.1) is 0 Å². The Balaban J connectivity index is 2.28. The van der Waals surface area contributed by atoms with Gasteiger partial charge in [0.15, 0.2) is 5.78 Å². The summed E-state index contributed by atoms with van der Waals surface area (Å²) in [5.74, 6) is 0.891. The Morgan fingerprint density at radius 3 is 2.94 bits per heavy atom. The summed E-state index contributed by atoms with van der Waals surface area (Å²) >= 11 is 0. The third-order valence-electron chi connectivity index (χ3n) is 3.00. The van der Waals surface area contributed by atoms with E-state index in [2.05, 4.69) is 5.10 Å². The molecule has 5 heteroatoms. The van der Waals surface area contributed by atoms with Gasteiger partial charge in [-0.15, -0.1) is 0 Å². The summed E-state index contributed by atoms with van der Waals surface area (Å²) in [5, 5.41) is 4.24. The summed E-state index contributed by atoms with van der Waals surface area (Å²) in [6.07, 6.45) is 4.56. The van der Waals surface area contributed by atoms with Gasteiger partial charge in [-0.3, -0.25) is 9.36 Å².